The highest BCUT2D eigenvalue weighted by Gasteiger charge is 2.21. The molecule has 10 rings (SSSR count). The van der Waals surface area contributed by atoms with E-state index in [9.17, 15) is 0 Å². The molecule has 0 radical (unpaired) electrons. The van der Waals surface area contributed by atoms with Gasteiger partial charge >= 0.3 is 0 Å². The van der Waals surface area contributed by atoms with Crippen LogP contribution in [0.15, 0.2) is 174 Å². The van der Waals surface area contributed by atoms with Gasteiger partial charge in [0.25, 0.3) is 0 Å². The molecule has 0 unspecified atom stereocenters. The van der Waals surface area contributed by atoms with Crippen LogP contribution in [-0.4, -0.2) is 9.13 Å². The topological polar surface area (TPSA) is 23.0 Å². The Morgan fingerprint density at radius 2 is 1.04 bits per heavy atom. The van der Waals surface area contributed by atoms with Gasteiger partial charge in [-0.3, -0.25) is 0 Å². The van der Waals surface area contributed by atoms with Gasteiger partial charge in [-0.1, -0.05) is 127 Å². The minimum atomic E-state index is 0.914. The van der Waals surface area contributed by atoms with E-state index in [0.717, 1.165) is 44.4 Å². The van der Waals surface area contributed by atoms with E-state index in [1.807, 2.05) is 12.1 Å². The van der Waals surface area contributed by atoms with Crippen LogP contribution in [-0.2, 0) is 0 Å². The van der Waals surface area contributed by atoms with E-state index in [2.05, 4.69) is 167 Å². The van der Waals surface area contributed by atoms with Crippen LogP contribution in [0.25, 0.3) is 88.3 Å². The zero-order chi connectivity index (χ0) is 30.9. The molecule has 220 valence electrons. The average Bonchev–Trinajstić information content (AvgIpc) is 3.82. The highest BCUT2D eigenvalue weighted by molar-refractivity contribution is 6.20. The zero-order valence-corrected chi connectivity index (χ0v) is 25.5. The summed E-state index contributed by atoms with van der Waals surface area (Å²) in [6, 6.07) is 58.4. The molecule has 0 aliphatic heterocycles. The minimum absolute atomic E-state index is 0.914. The van der Waals surface area contributed by atoms with E-state index in [1.54, 1.807) is 0 Å². The molecule has 0 N–H and O–H groups in total. The fourth-order valence-corrected chi connectivity index (χ4v) is 7.44. The maximum Gasteiger partial charge on any atom is 0.143 e. The van der Waals surface area contributed by atoms with Gasteiger partial charge in [0.05, 0.1) is 16.6 Å². The van der Waals surface area contributed by atoms with E-state index in [0.29, 0.717) is 0 Å². The summed E-state index contributed by atoms with van der Waals surface area (Å²) in [5, 5.41) is 5.99. The van der Waals surface area contributed by atoms with Crippen LogP contribution in [0.5, 0.6) is 0 Å². The highest BCUT2D eigenvalue weighted by atomic mass is 16.3. The quantitative estimate of drug-likeness (QED) is 0.197. The molecule has 7 aromatic carbocycles. The molecule has 3 nitrogen and oxygen atoms in total. The van der Waals surface area contributed by atoms with Crippen LogP contribution in [0.2, 0.25) is 0 Å². The summed E-state index contributed by atoms with van der Waals surface area (Å²) in [6.45, 7) is 0. The molecule has 3 heterocycles. The summed E-state index contributed by atoms with van der Waals surface area (Å²) < 4.78 is 11.2. The third-order valence-electron chi connectivity index (χ3n) is 9.56. The SMILES string of the molecule is c1ccc(-c2cn(-c3ccccc3)c3c2ccc2c4ccccc4n(-c4ccc(-c5cccc6c5oc5ccccc56)cc4)c23)cc1. The number of hydrogen-bond donors (Lipinski definition) is 0. The summed E-state index contributed by atoms with van der Waals surface area (Å²) in [5.74, 6) is 0. The molecule has 0 spiro atoms. The Labute approximate surface area is 271 Å². The lowest BCUT2D eigenvalue weighted by atomic mass is 10.0. The first kappa shape index (κ1) is 26.0. The van der Waals surface area contributed by atoms with Gasteiger partial charge in [-0.25, -0.2) is 0 Å². The smallest absolute Gasteiger partial charge is 0.143 e. The van der Waals surface area contributed by atoms with Crippen LogP contribution in [0.3, 0.4) is 0 Å². The van der Waals surface area contributed by atoms with Gasteiger partial charge in [-0.15, -0.1) is 0 Å². The second-order valence-electron chi connectivity index (χ2n) is 12.2. The maximum absolute atomic E-state index is 6.39. The molecule has 0 aliphatic carbocycles. The number of benzene rings is 7. The van der Waals surface area contributed by atoms with Crippen molar-refractivity contribution in [3.63, 3.8) is 0 Å². The van der Waals surface area contributed by atoms with Crippen LogP contribution >= 0.6 is 0 Å². The third-order valence-corrected chi connectivity index (χ3v) is 9.56. The Bertz CT molecular complexity index is 2760. The van der Waals surface area contributed by atoms with Crippen molar-refractivity contribution in [2.75, 3.05) is 0 Å². The third kappa shape index (κ3) is 3.87. The van der Waals surface area contributed by atoms with Crippen molar-refractivity contribution < 1.29 is 4.42 Å². The molecule has 0 saturated carbocycles. The summed E-state index contributed by atoms with van der Waals surface area (Å²) in [7, 11) is 0. The molecule has 0 atom stereocenters. The predicted molar refractivity (Wildman–Crippen MR) is 196 cm³/mol. The summed E-state index contributed by atoms with van der Waals surface area (Å²) >= 11 is 0. The molecule has 0 bridgehead atoms. The molecule has 3 heteroatoms. The Morgan fingerprint density at radius 1 is 0.383 bits per heavy atom. The number of para-hydroxylation sites is 4. The number of nitrogens with zero attached hydrogens (tertiary/aromatic N) is 2. The van der Waals surface area contributed by atoms with Crippen molar-refractivity contribution in [1.82, 2.24) is 9.13 Å². The molecular formula is C44H28N2O. The summed E-state index contributed by atoms with van der Waals surface area (Å²) in [4.78, 5) is 0. The predicted octanol–water partition coefficient (Wildman–Crippen LogP) is 12.0. The monoisotopic (exact) mass is 600 g/mol. The lowest BCUT2D eigenvalue weighted by Gasteiger charge is -2.12. The molecule has 0 amide bonds. The van der Waals surface area contributed by atoms with E-state index in [1.165, 1.54) is 43.8 Å². The van der Waals surface area contributed by atoms with Crippen molar-refractivity contribution in [3.05, 3.63) is 170 Å². The molecule has 47 heavy (non-hydrogen) atoms. The first-order chi connectivity index (χ1) is 23.3. The number of hydrogen-bond acceptors (Lipinski definition) is 1. The van der Waals surface area contributed by atoms with Crippen LogP contribution in [0.4, 0.5) is 0 Å². The highest BCUT2D eigenvalue weighted by Crippen LogP contribution is 2.42. The summed E-state index contributed by atoms with van der Waals surface area (Å²) in [6.07, 6.45) is 2.30. The van der Waals surface area contributed by atoms with E-state index in [-0.39, 0.29) is 0 Å². The molecular weight excluding hydrogens is 572 g/mol. The number of fused-ring (bicyclic) bond motifs is 8. The standard InChI is InChI=1S/C44H28N2O/c1-3-12-29(13-4-1)39-28-45(31-14-5-2-6-15-31)42-37(39)27-26-36-34-16-7-9-20-40(34)46(43(36)42)32-24-22-30(23-25-32)33-18-11-19-38-35-17-8-10-21-41(35)47-44(33)38/h1-28H. The number of furan rings is 1. The summed E-state index contributed by atoms with van der Waals surface area (Å²) in [5.41, 5.74) is 12.3. The van der Waals surface area contributed by atoms with Gasteiger partial charge in [0.2, 0.25) is 0 Å². The van der Waals surface area contributed by atoms with Crippen LogP contribution < -0.4 is 0 Å². The van der Waals surface area contributed by atoms with Crippen LogP contribution in [0.1, 0.15) is 0 Å². The van der Waals surface area contributed by atoms with Gasteiger partial charge in [0.15, 0.2) is 0 Å². The average molecular weight is 601 g/mol. The van der Waals surface area contributed by atoms with Crippen molar-refractivity contribution in [2.24, 2.45) is 0 Å². The largest absolute Gasteiger partial charge is 0.455 e. The number of aromatic nitrogens is 2. The van der Waals surface area contributed by atoms with Gasteiger partial charge in [0.1, 0.15) is 11.2 Å². The normalized spacial score (nSPS) is 11.8. The van der Waals surface area contributed by atoms with E-state index in [4.69, 9.17) is 4.42 Å². The minimum Gasteiger partial charge on any atom is -0.455 e. The van der Waals surface area contributed by atoms with Crippen molar-refractivity contribution in [1.29, 1.82) is 0 Å². The van der Waals surface area contributed by atoms with Gasteiger partial charge < -0.3 is 13.6 Å². The first-order valence-electron chi connectivity index (χ1n) is 16.0. The Balaban J connectivity index is 1.24. The van der Waals surface area contributed by atoms with E-state index >= 15 is 0 Å². The molecule has 3 aromatic heterocycles. The van der Waals surface area contributed by atoms with Crippen molar-refractivity contribution >= 4 is 54.6 Å². The fourth-order valence-electron chi connectivity index (χ4n) is 7.44. The fraction of sp³-hybridized carbons (Fsp3) is 0. The van der Waals surface area contributed by atoms with E-state index < -0.39 is 0 Å². The Hall–Kier alpha value is -6.32. The van der Waals surface area contributed by atoms with Gasteiger partial charge in [-0.05, 0) is 47.5 Å². The molecule has 0 aliphatic rings. The molecule has 10 aromatic rings. The van der Waals surface area contributed by atoms with Crippen LogP contribution in [0, 0.1) is 0 Å². The molecule has 0 saturated heterocycles. The van der Waals surface area contributed by atoms with Gasteiger partial charge in [-0.2, -0.15) is 0 Å². The number of rotatable bonds is 4. The second-order valence-corrected chi connectivity index (χ2v) is 12.2. The second kappa shape index (κ2) is 10.1. The Kier molecular flexibility index (Phi) is 5.57. The molecule has 0 fully saturated rings. The van der Waals surface area contributed by atoms with Gasteiger partial charge in [0, 0.05) is 55.6 Å². The Morgan fingerprint density at radius 3 is 1.87 bits per heavy atom. The maximum atomic E-state index is 6.39. The van der Waals surface area contributed by atoms with Crippen molar-refractivity contribution in [2.45, 2.75) is 0 Å². The van der Waals surface area contributed by atoms with Crippen molar-refractivity contribution in [3.8, 4) is 33.6 Å². The lowest BCUT2D eigenvalue weighted by Crippen LogP contribution is -1.98. The first-order valence-corrected chi connectivity index (χ1v) is 16.0. The zero-order valence-electron chi connectivity index (χ0n) is 25.5. The lowest BCUT2D eigenvalue weighted by molar-refractivity contribution is 0.670.